The normalized spacial score (nSPS) is 30.6. The number of likely N-dealkylation sites (N-methyl/N-ethyl adjacent to an activating group) is 1. The minimum atomic E-state index is -0.0712. The third kappa shape index (κ3) is 2.13. The first-order valence-electron chi connectivity index (χ1n) is 6.76. The first kappa shape index (κ1) is 12.6. The molecule has 1 fully saturated rings. The lowest BCUT2D eigenvalue weighted by Gasteiger charge is -2.44. The molecule has 0 aromatic heterocycles. The monoisotopic (exact) mass is 261 g/mol. The highest BCUT2D eigenvalue weighted by Crippen LogP contribution is 2.36. The van der Waals surface area contributed by atoms with Crippen LogP contribution in [-0.2, 0) is 9.63 Å². The Hall–Kier alpha value is -1.46. The van der Waals surface area contributed by atoms with Gasteiger partial charge < -0.3 is 0 Å². The Bertz CT molecular complexity index is 481. The summed E-state index contributed by atoms with van der Waals surface area (Å²) in [5, 5.41) is 1.79. The van der Waals surface area contributed by atoms with Gasteiger partial charge in [-0.1, -0.05) is 6.08 Å². The maximum Gasteiger partial charge on any atom is 0.168 e. The molecule has 3 rings (SSSR count). The molecule has 1 saturated heterocycles. The van der Waals surface area contributed by atoms with E-state index in [1.165, 1.54) is 5.57 Å². The van der Waals surface area contributed by atoms with E-state index in [1.807, 2.05) is 26.4 Å². The van der Waals surface area contributed by atoms with Crippen LogP contribution in [0.15, 0.2) is 28.4 Å². The molecule has 3 aliphatic rings. The molecule has 0 amide bonds. The first-order valence-corrected chi connectivity index (χ1v) is 6.76. The SMILES string of the molecule is CCON1C=C2CC(=O)CN(C)C2C2=CCC=NC21. The van der Waals surface area contributed by atoms with Crippen LogP contribution in [0.25, 0.3) is 0 Å². The fourth-order valence-electron chi connectivity index (χ4n) is 3.11. The molecule has 5 nitrogen and oxygen atoms in total. The lowest BCUT2D eigenvalue weighted by molar-refractivity contribution is -0.142. The van der Waals surface area contributed by atoms with Gasteiger partial charge in [0.1, 0.15) is 0 Å². The van der Waals surface area contributed by atoms with Gasteiger partial charge in [-0.25, -0.2) is 5.06 Å². The molecule has 5 heteroatoms. The number of Topliss-reactive ketones (excluding diaryl/α,β-unsaturated/α-hetero) is 1. The van der Waals surface area contributed by atoms with Crippen LogP contribution >= 0.6 is 0 Å². The summed E-state index contributed by atoms with van der Waals surface area (Å²) in [6, 6.07) is 0.205. The molecular formula is C14H19N3O2. The van der Waals surface area contributed by atoms with Crippen molar-refractivity contribution in [1.82, 2.24) is 9.96 Å². The number of piperidine rings is 1. The van der Waals surface area contributed by atoms with Crippen LogP contribution in [0.1, 0.15) is 19.8 Å². The Balaban J connectivity index is 2.00. The summed E-state index contributed by atoms with van der Waals surface area (Å²) in [5.74, 6) is 0.264. The number of allylic oxidation sites excluding steroid dienone is 1. The van der Waals surface area contributed by atoms with E-state index in [-0.39, 0.29) is 18.0 Å². The fourth-order valence-corrected chi connectivity index (χ4v) is 3.11. The van der Waals surface area contributed by atoms with Crippen LogP contribution in [0.2, 0.25) is 0 Å². The smallest absolute Gasteiger partial charge is 0.168 e. The number of fused-ring (bicyclic) bond motifs is 3. The van der Waals surface area contributed by atoms with Gasteiger partial charge in [0.05, 0.1) is 19.2 Å². The van der Waals surface area contributed by atoms with E-state index < -0.39 is 0 Å². The molecule has 2 unspecified atom stereocenters. The lowest BCUT2D eigenvalue weighted by Crippen LogP contribution is -2.52. The van der Waals surface area contributed by atoms with Crippen molar-refractivity contribution in [3.8, 4) is 0 Å². The van der Waals surface area contributed by atoms with Crippen molar-refractivity contribution >= 4 is 12.0 Å². The summed E-state index contributed by atoms with van der Waals surface area (Å²) < 4.78 is 0. The summed E-state index contributed by atoms with van der Waals surface area (Å²) in [5.41, 5.74) is 2.36. The second-order valence-corrected chi connectivity index (χ2v) is 5.16. The third-order valence-electron chi connectivity index (χ3n) is 3.75. The molecule has 0 bridgehead atoms. The number of aliphatic imine (C=N–C) groups is 1. The van der Waals surface area contributed by atoms with Crippen molar-refractivity contribution < 1.29 is 9.63 Å². The maximum atomic E-state index is 11.8. The molecule has 0 spiro atoms. The number of ketones is 1. The Morgan fingerprint density at radius 2 is 2.37 bits per heavy atom. The zero-order chi connectivity index (χ0) is 13.4. The number of hydrogen-bond donors (Lipinski definition) is 0. The number of carbonyl (C=O) groups is 1. The van der Waals surface area contributed by atoms with Crippen LogP contribution < -0.4 is 0 Å². The van der Waals surface area contributed by atoms with Crippen LogP contribution in [0.5, 0.6) is 0 Å². The van der Waals surface area contributed by atoms with Gasteiger partial charge in [-0.15, -0.1) is 0 Å². The van der Waals surface area contributed by atoms with Crippen LogP contribution in [0.3, 0.4) is 0 Å². The van der Waals surface area contributed by atoms with Crippen molar-refractivity contribution in [1.29, 1.82) is 0 Å². The molecule has 0 saturated carbocycles. The van der Waals surface area contributed by atoms with E-state index in [2.05, 4.69) is 16.0 Å². The Labute approximate surface area is 113 Å². The van der Waals surface area contributed by atoms with E-state index in [0.717, 1.165) is 12.0 Å². The van der Waals surface area contributed by atoms with Crippen LogP contribution in [0, 0.1) is 0 Å². The molecule has 0 aliphatic carbocycles. The minimum absolute atomic E-state index is 0.0712. The molecule has 0 N–H and O–H groups in total. The van der Waals surface area contributed by atoms with Crippen molar-refractivity contribution in [2.24, 2.45) is 4.99 Å². The van der Waals surface area contributed by atoms with E-state index in [9.17, 15) is 4.79 Å². The van der Waals surface area contributed by atoms with Crippen molar-refractivity contribution in [3.63, 3.8) is 0 Å². The zero-order valence-electron chi connectivity index (χ0n) is 11.4. The maximum absolute atomic E-state index is 11.8. The molecule has 19 heavy (non-hydrogen) atoms. The van der Waals surface area contributed by atoms with E-state index in [4.69, 9.17) is 4.84 Å². The number of carbonyl (C=O) groups excluding carboxylic acids is 1. The van der Waals surface area contributed by atoms with E-state index >= 15 is 0 Å². The molecular weight excluding hydrogens is 242 g/mol. The van der Waals surface area contributed by atoms with Crippen LogP contribution in [-0.4, -0.2) is 54.4 Å². The number of likely N-dealkylation sites (tertiary alicyclic amines) is 1. The number of rotatable bonds is 2. The summed E-state index contributed by atoms with van der Waals surface area (Å²) in [4.78, 5) is 24.1. The van der Waals surface area contributed by atoms with Gasteiger partial charge in [0.25, 0.3) is 0 Å². The van der Waals surface area contributed by atoms with Gasteiger partial charge in [-0.2, -0.15) is 0 Å². The summed E-state index contributed by atoms with van der Waals surface area (Å²) in [6.45, 7) is 3.07. The Morgan fingerprint density at radius 1 is 1.53 bits per heavy atom. The molecule has 0 aromatic rings. The molecule has 3 heterocycles. The predicted molar refractivity (Wildman–Crippen MR) is 72.6 cm³/mol. The van der Waals surface area contributed by atoms with Crippen molar-refractivity contribution in [3.05, 3.63) is 23.4 Å². The average molecular weight is 261 g/mol. The molecule has 3 aliphatic heterocycles. The second-order valence-electron chi connectivity index (χ2n) is 5.16. The summed E-state index contributed by atoms with van der Waals surface area (Å²) >= 11 is 0. The van der Waals surface area contributed by atoms with E-state index in [0.29, 0.717) is 19.6 Å². The molecule has 2 atom stereocenters. The van der Waals surface area contributed by atoms with Crippen LogP contribution in [0.4, 0.5) is 0 Å². The summed E-state index contributed by atoms with van der Waals surface area (Å²) in [6.07, 6.45) is 7.41. The fraction of sp³-hybridized carbons (Fsp3) is 0.571. The van der Waals surface area contributed by atoms with Gasteiger partial charge in [-0.05, 0) is 25.1 Å². The highest BCUT2D eigenvalue weighted by atomic mass is 16.7. The number of hydrogen-bond acceptors (Lipinski definition) is 5. The van der Waals surface area contributed by atoms with Gasteiger partial charge in [0.15, 0.2) is 11.9 Å². The summed E-state index contributed by atoms with van der Waals surface area (Å²) in [7, 11) is 2.00. The van der Waals surface area contributed by atoms with E-state index in [1.54, 1.807) is 5.06 Å². The predicted octanol–water partition coefficient (Wildman–Crippen LogP) is 1.14. The van der Waals surface area contributed by atoms with Crippen molar-refractivity contribution in [2.45, 2.75) is 32.0 Å². The molecule has 0 radical (unpaired) electrons. The quantitative estimate of drug-likeness (QED) is 0.699. The largest absolute Gasteiger partial charge is 0.298 e. The second kappa shape index (κ2) is 4.90. The van der Waals surface area contributed by atoms with Gasteiger partial charge in [-0.3, -0.25) is 19.5 Å². The zero-order valence-corrected chi connectivity index (χ0v) is 11.4. The standard InChI is InChI=1S/C14H19N3O2/c1-3-19-17-8-10-7-11(18)9-16(2)13(10)12-5-4-6-15-14(12)17/h5-6,8,13-14H,3-4,7,9H2,1-2H3. The number of nitrogens with zero attached hydrogens (tertiary/aromatic N) is 3. The first-order chi connectivity index (χ1) is 9.20. The minimum Gasteiger partial charge on any atom is -0.298 e. The topological polar surface area (TPSA) is 45.1 Å². The van der Waals surface area contributed by atoms with Gasteiger partial charge >= 0.3 is 0 Å². The highest BCUT2D eigenvalue weighted by molar-refractivity contribution is 5.85. The Kier molecular flexibility index (Phi) is 3.24. The van der Waals surface area contributed by atoms with Gasteiger partial charge in [0.2, 0.25) is 0 Å². The number of dihydropyridines is 1. The molecule has 102 valence electrons. The Morgan fingerprint density at radius 3 is 3.16 bits per heavy atom. The van der Waals surface area contributed by atoms with Crippen molar-refractivity contribution in [2.75, 3.05) is 20.2 Å². The average Bonchev–Trinajstić information content (AvgIpc) is 2.38. The van der Waals surface area contributed by atoms with Gasteiger partial charge in [0, 0.05) is 25.3 Å². The molecule has 0 aromatic carbocycles. The lowest BCUT2D eigenvalue weighted by atomic mass is 9.85. The third-order valence-corrected chi connectivity index (χ3v) is 3.75. The highest BCUT2D eigenvalue weighted by Gasteiger charge is 2.40. The number of hydroxylamine groups is 2.